The van der Waals surface area contributed by atoms with E-state index in [1.165, 1.54) is 0 Å². The summed E-state index contributed by atoms with van der Waals surface area (Å²) in [5, 5.41) is 9.11. The maximum Gasteiger partial charge on any atom is 0.227 e. The molecule has 1 aromatic heterocycles. The van der Waals surface area contributed by atoms with Gasteiger partial charge >= 0.3 is 0 Å². The van der Waals surface area contributed by atoms with E-state index in [2.05, 4.69) is 25.9 Å². The fourth-order valence-electron chi connectivity index (χ4n) is 2.21. The number of hydrogen-bond donors (Lipinski definition) is 3. The van der Waals surface area contributed by atoms with E-state index in [0.717, 1.165) is 17.9 Å². The normalized spacial score (nSPS) is 10.6. The molecule has 3 N–H and O–H groups in total. The monoisotopic (exact) mass is 497 g/mol. The van der Waals surface area contributed by atoms with E-state index in [1.807, 2.05) is 50.2 Å². The number of carbonyl (C=O) groups is 1. The third-order valence-electron chi connectivity index (χ3n) is 3.54. The van der Waals surface area contributed by atoms with Gasteiger partial charge in [0, 0.05) is 19.2 Å². The molecule has 0 unspecified atom stereocenters. The number of ether oxygens (including phenoxy) is 1. The highest BCUT2D eigenvalue weighted by Crippen LogP contribution is 2.07. The van der Waals surface area contributed by atoms with Crippen molar-refractivity contribution in [2.45, 2.75) is 20.3 Å². The molecule has 8 heteroatoms. The van der Waals surface area contributed by atoms with Gasteiger partial charge in [0.1, 0.15) is 18.2 Å². The van der Waals surface area contributed by atoms with Crippen LogP contribution in [-0.2, 0) is 4.79 Å². The number of benzene rings is 1. The van der Waals surface area contributed by atoms with Crippen LogP contribution < -0.4 is 20.7 Å². The van der Waals surface area contributed by atoms with Gasteiger partial charge in [-0.1, -0.05) is 24.3 Å². The van der Waals surface area contributed by atoms with Crippen molar-refractivity contribution in [2.24, 2.45) is 4.99 Å². The van der Waals surface area contributed by atoms with Gasteiger partial charge in [-0.2, -0.15) is 0 Å². The molecule has 7 nitrogen and oxygen atoms in total. The lowest BCUT2D eigenvalue weighted by atomic mass is 10.3. The highest BCUT2D eigenvalue weighted by atomic mass is 127. The van der Waals surface area contributed by atoms with Crippen LogP contribution in [0.2, 0.25) is 0 Å². The van der Waals surface area contributed by atoms with Gasteiger partial charge in [-0.3, -0.25) is 9.79 Å². The number of anilines is 1. The minimum atomic E-state index is -0.113. The Labute approximate surface area is 183 Å². The zero-order valence-electron chi connectivity index (χ0n) is 16.3. The molecule has 0 saturated heterocycles. The highest BCUT2D eigenvalue weighted by molar-refractivity contribution is 14.0. The molecule has 0 atom stereocenters. The van der Waals surface area contributed by atoms with E-state index in [0.29, 0.717) is 31.5 Å². The summed E-state index contributed by atoms with van der Waals surface area (Å²) in [6, 6.07) is 13.4. The number of aromatic nitrogens is 1. The lowest BCUT2D eigenvalue weighted by Gasteiger charge is -2.12. The number of guanidine groups is 1. The Balaban J connectivity index is 0.00000392. The van der Waals surface area contributed by atoms with Gasteiger partial charge in [0.15, 0.2) is 5.96 Å². The van der Waals surface area contributed by atoms with Crippen LogP contribution in [0.25, 0.3) is 0 Å². The lowest BCUT2D eigenvalue weighted by Crippen LogP contribution is -2.39. The van der Waals surface area contributed by atoms with Crippen LogP contribution in [-0.4, -0.2) is 43.1 Å². The molecule has 2 rings (SSSR count). The van der Waals surface area contributed by atoms with Crippen LogP contribution in [0.3, 0.4) is 0 Å². The van der Waals surface area contributed by atoms with Gasteiger partial charge in [0.25, 0.3) is 0 Å². The SMILES string of the molecule is CCNC(=NCCC(=O)Nc1ccc(C)cn1)NCCOc1ccccc1.I. The molecular weight excluding hydrogens is 469 g/mol. The molecule has 28 heavy (non-hydrogen) atoms. The first-order chi connectivity index (χ1) is 13.2. The lowest BCUT2D eigenvalue weighted by molar-refractivity contribution is -0.116. The van der Waals surface area contributed by atoms with E-state index >= 15 is 0 Å². The van der Waals surface area contributed by atoms with Crippen LogP contribution in [0.1, 0.15) is 18.9 Å². The number of nitrogens with zero attached hydrogens (tertiary/aromatic N) is 2. The second-order valence-corrected chi connectivity index (χ2v) is 5.87. The predicted octanol–water partition coefficient (Wildman–Crippen LogP) is 2.97. The zero-order chi connectivity index (χ0) is 19.3. The van der Waals surface area contributed by atoms with Crippen molar-refractivity contribution in [3.63, 3.8) is 0 Å². The van der Waals surface area contributed by atoms with Gasteiger partial charge in [0.05, 0.1) is 13.1 Å². The number of amides is 1. The summed E-state index contributed by atoms with van der Waals surface area (Å²) in [5.41, 5.74) is 1.05. The molecule has 0 bridgehead atoms. The number of hydrogen-bond acceptors (Lipinski definition) is 4. The van der Waals surface area contributed by atoms with Crippen molar-refractivity contribution in [2.75, 3.05) is 31.6 Å². The van der Waals surface area contributed by atoms with E-state index in [9.17, 15) is 4.79 Å². The summed E-state index contributed by atoms with van der Waals surface area (Å²) in [4.78, 5) is 20.5. The molecule has 0 saturated carbocycles. The Morgan fingerprint density at radius 2 is 1.93 bits per heavy atom. The van der Waals surface area contributed by atoms with E-state index in [-0.39, 0.29) is 36.3 Å². The van der Waals surface area contributed by atoms with Crippen LogP contribution >= 0.6 is 24.0 Å². The van der Waals surface area contributed by atoms with E-state index in [1.54, 1.807) is 12.3 Å². The molecule has 0 fully saturated rings. The standard InChI is InChI=1S/C20H27N5O2.HI/c1-3-21-20(23-13-14-27-17-7-5-4-6-8-17)22-12-11-19(26)25-18-10-9-16(2)15-24-18;/h4-10,15H,3,11-14H2,1-2H3,(H2,21,22,23)(H,24,25,26);1H. The quantitative estimate of drug-likeness (QED) is 0.215. The molecule has 1 aromatic carbocycles. The first-order valence-electron chi connectivity index (χ1n) is 9.10. The summed E-state index contributed by atoms with van der Waals surface area (Å²) in [5.74, 6) is 1.94. The Kier molecular flexibility index (Phi) is 11.6. The molecule has 1 amide bonds. The third-order valence-corrected chi connectivity index (χ3v) is 3.54. The summed E-state index contributed by atoms with van der Waals surface area (Å²) in [7, 11) is 0. The zero-order valence-corrected chi connectivity index (χ0v) is 18.6. The van der Waals surface area contributed by atoms with E-state index in [4.69, 9.17) is 4.74 Å². The van der Waals surface area contributed by atoms with Crippen LogP contribution in [0.5, 0.6) is 5.75 Å². The van der Waals surface area contributed by atoms with Gasteiger partial charge in [0.2, 0.25) is 5.91 Å². The second kappa shape index (κ2) is 13.8. The average molecular weight is 497 g/mol. The number of carbonyl (C=O) groups excluding carboxylic acids is 1. The number of halogens is 1. The minimum Gasteiger partial charge on any atom is -0.492 e. The van der Waals surface area contributed by atoms with Gasteiger partial charge < -0.3 is 20.7 Å². The Morgan fingerprint density at radius 1 is 1.14 bits per heavy atom. The summed E-state index contributed by atoms with van der Waals surface area (Å²) >= 11 is 0. The number of rotatable bonds is 9. The predicted molar refractivity (Wildman–Crippen MR) is 124 cm³/mol. The number of aliphatic imine (C=N–C) groups is 1. The summed E-state index contributed by atoms with van der Waals surface area (Å²) < 4.78 is 5.64. The van der Waals surface area contributed by atoms with Crippen molar-refractivity contribution >= 4 is 41.7 Å². The molecule has 0 aliphatic rings. The van der Waals surface area contributed by atoms with Crippen LogP contribution in [0, 0.1) is 6.92 Å². The topological polar surface area (TPSA) is 87.6 Å². The number of aryl methyl sites for hydroxylation is 1. The molecule has 0 spiro atoms. The van der Waals surface area contributed by atoms with Crippen molar-refractivity contribution in [1.29, 1.82) is 0 Å². The first kappa shape index (κ1) is 23.7. The summed E-state index contributed by atoms with van der Waals surface area (Å²) in [6.07, 6.45) is 2.01. The van der Waals surface area contributed by atoms with Crippen molar-refractivity contribution in [1.82, 2.24) is 15.6 Å². The third kappa shape index (κ3) is 9.54. The van der Waals surface area contributed by atoms with E-state index < -0.39 is 0 Å². The molecule has 2 aromatic rings. The van der Waals surface area contributed by atoms with Crippen molar-refractivity contribution in [3.05, 3.63) is 54.2 Å². The Hall–Kier alpha value is -2.36. The van der Waals surface area contributed by atoms with Crippen molar-refractivity contribution in [3.8, 4) is 5.75 Å². The Morgan fingerprint density at radius 3 is 2.61 bits per heavy atom. The summed E-state index contributed by atoms with van der Waals surface area (Å²) in [6.45, 7) is 6.20. The second-order valence-electron chi connectivity index (χ2n) is 5.87. The van der Waals surface area contributed by atoms with Gasteiger partial charge in [-0.15, -0.1) is 24.0 Å². The number of pyridine rings is 1. The molecule has 0 aliphatic heterocycles. The van der Waals surface area contributed by atoms with Crippen LogP contribution in [0.4, 0.5) is 5.82 Å². The average Bonchev–Trinajstić information content (AvgIpc) is 2.68. The molecule has 0 aliphatic carbocycles. The molecule has 1 heterocycles. The van der Waals surface area contributed by atoms with Crippen molar-refractivity contribution < 1.29 is 9.53 Å². The maximum absolute atomic E-state index is 12.0. The smallest absolute Gasteiger partial charge is 0.227 e. The fraction of sp³-hybridized carbons (Fsp3) is 0.350. The fourth-order valence-corrected chi connectivity index (χ4v) is 2.21. The maximum atomic E-state index is 12.0. The Bertz CT molecular complexity index is 723. The minimum absolute atomic E-state index is 0. The molecule has 152 valence electrons. The van der Waals surface area contributed by atoms with Crippen LogP contribution in [0.15, 0.2) is 53.7 Å². The van der Waals surface area contributed by atoms with Gasteiger partial charge in [-0.05, 0) is 37.6 Å². The molecular formula is C20H28IN5O2. The number of nitrogens with one attached hydrogen (secondary N) is 3. The number of para-hydroxylation sites is 1. The molecule has 0 radical (unpaired) electrons. The van der Waals surface area contributed by atoms with Gasteiger partial charge in [-0.25, -0.2) is 4.98 Å². The highest BCUT2D eigenvalue weighted by Gasteiger charge is 2.03. The first-order valence-corrected chi connectivity index (χ1v) is 9.10. The largest absolute Gasteiger partial charge is 0.492 e.